The Hall–Kier alpha value is -1.78. The molecular formula is C11H16N2O5. The normalized spacial score (nSPS) is 20.9. The van der Waals surface area contributed by atoms with E-state index in [0.29, 0.717) is 13.2 Å². The highest BCUT2D eigenvalue weighted by Crippen LogP contribution is 2.07. The van der Waals surface area contributed by atoms with Crippen LogP contribution in [0.3, 0.4) is 0 Å². The molecule has 0 aromatic carbocycles. The number of aliphatic hydroxyl groups is 1. The molecule has 1 aliphatic heterocycles. The number of rotatable bonds is 4. The summed E-state index contributed by atoms with van der Waals surface area (Å²) in [5.74, 6) is 1.01. The van der Waals surface area contributed by atoms with Gasteiger partial charge in [-0.05, 0) is 0 Å². The first kappa shape index (κ1) is 14.3. The second kappa shape index (κ2) is 6.83. The SMILES string of the molecule is C#CCC(NC(=O)N1CCOCC1CO)C(=O)O. The molecule has 7 nitrogen and oxygen atoms in total. The maximum atomic E-state index is 11.9. The number of carboxylic acid groups (broad SMARTS) is 1. The van der Waals surface area contributed by atoms with Crippen molar-refractivity contribution >= 4 is 12.0 Å². The van der Waals surface area contributed by atoms with Crippen LogP contribution < -0.4 is 5.32 Å². The predicted molar refractivity (Wildman–Crippen MR) is 61.8 cm³/mol. The lowest BCUT2D eigenvalue weighted by molar-refractivity contribution is -0.139. The number of ether oxygens (including phenoxy) is 1. The smallest absolute Gasteiger partial charge is 0.327 e. The van der Waals surface area contributed by atoms with Gasteiger partial charge >= 0.3 is 12.0 Å². The Morgan fingerprint density at radius 1 is 1.61 bits per heavy atom. The van der Waals surface area contributed by atoms with Gasteiger partial charge in [0.2, 0.25) is 0 Å². The molecule has 1 aliphatic rings. The average Bonchev–Trinajstić information content (AvgIpc) is 2.37. The molecule has 0 aromatic heterocycles. The van der Waals surface area contributed by atoms with Crippen molar-refractivity contribution in [3.05, 3.63) is 0 Å². The van der Waals surface area contributed by atoms with Crippen LogP contribution in [-0.4, -0.2) is 65.6 Å². The summed E-state index contributed by atoms with van der Waals surface area (Å²) in [6, 6.07) is -2.14. The van der Waals surface area contributed by atoms with E-state index in [1.165, 1.54) is 4.90 Å². The van der Waals surface area contributed by atoms with E-state index in [1.54, 1.807) is 0 Å². The van der Waals surface area contributed by atoms with Gasteiger partial charge in [-0.3, -0.25) is 0 Å². The van der Waals surface area contributed by atoms with Gasteiger partial charge in [0.25, 0.3) is 0 Å². The van der Waals surface area contributed by atoms with E-state index in [2.05, 4.69) is 11.2 Å². The molecule has 2 unspecified atom stereocenters. The molecule has 100 valence electrons. The average molecular weight is 256 g/mol. The Balaban J connectivity index is 2.62. The van der Waals surface area contributed by atoms with Crippen molar-refractivity contribution in [2.75, 3.05) is 26.4 Å². The highest BCUT2D eigenvalue weighted by Gasteiger charge is 2.29. The Labute approximate surface area is 105 Å². The summed E-state index contributed by atoms with van der Waals surface area (Å²) in [5.41, 5.74) is 0. The van der Waals surface area contributed by atoms with Crippen molar-refractivity contribution < 1.29 is 24.5 Å². The largest absolute Gasteiger partial charge is 0.480 e. The predicted octanol–water partition coefficient (Wildman–Crippen LogP) is -1.13. The maximum Gasteiger partial charge on any atom is 0.327 e. The number of carbonyl (C=O) groups is 2. The number of hydrogen-bond acceptors (Lipinski definition) is 4. The minimum Gasteiger partial charge on any atom is -0.480 e. The third-order valence-electron chi connectivity index (χ3n) is 2.62. The quantitative estimate of drug-likeness (QED) is 0.552. The van der Waals surface area contributed by atoms with Crippen molar-refractivity contribution in [1.29, 1.82) is 0 Å². The fourth-order valence-electron chi connectivity index (χ4n) is 1.62. The second-order valence-corrected chi connectivity index (χ2v) is 3.85. The lowest BCUT2D eigenvalue weighted by Crippen LogP contribution is -2.56. The first-order chi connectivity index (χ1) is 8.60. The zero-order valence-corrected chi connectivity index (χ0v) is 9.83. The first-order valence-electron chi connectivity index (χ1n) is 5.52. The Bertz CT molecular complexity index is 352. The monoisotopic (exact) mass is 256 g/mol. The van der Waals surface area contributed by atoms with Crippen LogP contribution in [0, 0.1) is 12.3 Å². The van der Waals surface area contributed by atoms with Gasteiger partial charge in [-0.25, -0.2) is 9.59 Å². The van der Waals surface area contributed by atoms with Crippen molar-refractivity contribution in [3.8, 4) is 12.3 Å². The number of carbonyl (C=O) groups excluding carboxylic acids is 1. The van der Waals surface area contributed by atoms with E-state index < -0.39 is 24.1 Å². The Morgan fingerprint density at radius 3 is 2.89 bits per heavy atom. The number of hydrogen-bond donors (Lipinski definition) is 3. The molecule has 0 saturated carbocycles. The number of urea groups is 1. The van der Waals surface area contributed by atoms with Crippen LogP contribution in [0.4, 0.5) is 4.79 Å². The molecule has 0 aromatic rings. The number of nitrogens with one attached hydrogen (secondary N) is 1. The van der Waals surface area contributed by atoms with Gasteiger partial charge in [0.1, 0.15) is 6.04 Å². The van der Waals surface area contributed by atoms with Crippen molar-refractivity contribution in [2.24, 2.45) is 0 Å². The molecule has 1 rings (SSSR count). The topological polar surface area (TPSA) is 99.1 Å². The van der Waals surface area contributed by atoms with Gasteiger partial charge in [0, 0.05) is 13.0 Å². The molecule has 7 heteroatoms. The molecule has 18 heavy (non-hydrogen) atoms. The first-order valence-corrected chi connectivity index (χ1v) is 5.52. The number of carboxylic acids is 1. The summed E-state index contributed by atoms with van der Waals surface area (Å²) in [5, 5.41) is 20.3. The highest BCUT2D eigenvalue weighted by molar-refractivity contribution is 5.83. The molecule has 0 bridgehead atoms. The van der Waals surface area contributed by atoms with Crippen LogP contribution in [0.25, 0.3) is 0 Å². The summed E-state index contributed by atoms with van der Waals surface area (Å²) in [4.78, 5) is 24.1. The second-order valence-electron chi connectivity index (χ2n) is 3.85. The van der Waals surface area contributed by atoms with Gasteiger partial charge in [-0.15, -0.1) is 12.3 Å². The lowest BCUT2D eigenvalue weighted by Gasteiger charge is -2.34. The molecule has 0 spiro atoms. The molecule has 0 aliphatic carbocycles. The van der Waals surface area contributed by atoms with Gasteiger partial charge in [0.05, 0.1) is 25.9 Å². The van der Waals surface area contributed by atoms with Crippen LogP contribution in [0.5, 0.6) is 0 Å². The van der Waals surface area contributed by atoms with Gasteiger partial charge in [0.15, 0.2) is 0 Å². The Kier molecular flexibility index (Phi) is 5.42. The van der Waals surface area contributed by atoms with Gasteiger partial charge in [-0.1, -0.05) is 0 Å². The zero-order chi connectivity index (χ0) is 13.5. The highest BCUT2D eigenvalue weighted by atomic mass is 16.5. The van der Waals surface area contributed by atoms with E-state index in [-0.39, 0.29) is 19.6 Å². The molecule has 2 atom stereocenters. The molecule has 1 saturated heterocycles. The maximum absolute atomic E-state index is 11.9. The molecule has 2 amide bonds. The Morgan fingerprint density at radius 2 is 2.33 bits per heavy atom. The summed E-state index contributed by atoms with van der Waals surface area (Å²) < 4.78 is 5.12. The van der Waals surface area contributed by atoms with Gasteiger partial charge < -0.3 is 25.2 Å². The minimum absolute atomic E-state index is 0.0881. The lowest BCUT2D eigenvalue weighted by atomic mass is 10.2. The van der Waals surface area contributed by atoms with Crippen LogP contribution >= 0.6 is 0 Å². The van der Waals surface area contributed by atoms with Crippen LogP contribution in [0.2, 0.25) is 0 Å². The number of amides is 2. The fraction of sp³-hybridized carbons (Fsp3) is 0.636. The number of aliphatic carboxylic acids is 1. The molecule has 1 heterocycles. The van der Waals surface area contributed by atoms with Crippen molar-refractivity contribution in [3.63, 3.8) is 0 Å². The summed E-state index contributed by atoms with van der Waals surface area (Å²) in [7, 11) is 0. The van der Waals surface area contributed by atoms with E-state index in [1.807, 2.05) is 0 Å². The molecule has 1 fully saturated rings. The van der Waals surface area contributed by atoms with Crippen molar-refractivity contribution in [2.45, 2.75) is 18.5 Å². The molecule has 0 radical (unpaired) electrons. The molecule has 3 N–H and O–H groups in total. The van der Waals surface area contributed by atoms with E-state index in [9.17, 15) is 9.59 Å². The summed E-state index contributed by atoms with van der Waals surface area (Å²) in [6.45, 7) is 0.660. The van der Waals surface area contributed by atoms with E-state index in [0.717, 1.165) is 0 Å². The number of morpholine rings is 1. The summed E-state index contributed by atoms with van der Waals surface area (Å²) >= 11 is 0. The minimum atomic E-state index is -1.19. The number of nitrogens with zero attached hydrogens (tertiary/aromatic N) is 1. The number of aliphatic hydroxyl groups excluding tert-OH is 1. The third-order valence-corrected chi connectivity index (χ3v) is 2.62. The van der Waals surface area contributed by atoms with E-state index >= 15 is 0 Å². The molecular weight excluding hydrogens is 240 g/mol. The zero-order valence-electron chi connectivity index (χ0n) is 9.83. The third kappa shape index (κ3) is 3.61. The van der Waals surface area contributed by atoms with Crippen molar-refractivity contribution in [1.82, 2.24) is 10.2 Å². The number of terminal acetylenes is 1. The van der Waals surface area contributed by atoms with Gasteiger partial charge in [-0.2, -0.15) is 0 Å². The van der Waals surface area contributed by atoms with Crippen LogP contribution in [0.1, 0.15) is 6.42 Å². The van der Waals surface area contributed by atoms with Crippen LogP contribution in [-0.2, 0) is 9.53 Å². The van der Waals surface area contributed by atoms with Crippen LogP contribution in [0.15, 0.2) is 0 Å². The summed E-state index contributed by atoms with van der Waals surface area (Å²) in [6.07, 6.45) is 4.95. The van der Waals surface area contributed by atoms with E-state index in [4.69, 9.17) is 21.4 Å². The fourth-order valence-corrected chi connectivity index (χ4v) is 1.62. The standard InChI is InChI=1S/C11H16N2O5/c1-2-3-9(10(15)16)12-11(17)13-4-5-18-7-8(13)6-14/h1,8-9,14H,3-7H2,(H,12,17)(H,15,16).